The zero-order chi connectivity index (χ0) is 22.3. The molecule has 1 atom stereocenters. The predicted octanol–water partition coefficient (Wildman–Crippen LogP) is 3.51. The molecule has 4 rings (SSSR count). The summed E-state index contributed by atoms with van der Waals surface area (Å²) in [4.78, 5) is 36.5. The zero-order valence-corrected chi connectivity index (χ0v) is 18.6. The molecule has 31 heavy (non-hydrogen) atoms. The van der Waals surface area contributed by atoms with Crippen LogP contribution in [0.2, 0.25) is 0 Å². The monoisotopic (exact) mass is 443 g/mol. The van der Waals surface area contributed by atoms with E-state index in [1.54, 1.807) is 13.2 Å². The lowest BCUT2D eigenvalue weighted by atomic mass is 9.93. The van der Waals surface area contributed by atoms with Gasteiger partial charge in [-0.1, -0.05) is 0 Å². The van der Waals surface area contributed by atoms with E-state index in [-0.39, 0.29) is 17.7 Å². The first-order valence-electron chi connectivity index (χ1n) is 10.3. The fraction of sp³-hybridized carbons (Fsp3) is 0.435. The van der Waals surface area contributed by atoms with Crippen molar-refractivity contribution in [1.82, 2.24) is 5.32 Å². The van der Waals surface area contributed by atoms with Crippen molar-refractivity contribution in [3.8, 4) is 0 Å². The van der Waals surface area contributed by atoms with Gasteiger partial charge in [0.1, 0.15) is 23.0 Å². The number of furan rings is 1. The Bertz CT molecular complexity index is 1250. The van der Waals surface area contributed by atoms with Crippen molar-refractivity contribution in [2.45, 2.75) is 52.0 Å². The van der Waals surface area contributed by atoms with Gasteiger partial charge in [0.05, 0.1) is 12.0 Å². The van der Waals surface area contributed by atoms with Gasteiger partial charge in [-0.2, -0.15) is 11.8 Å². The minimum absolute atomic E-state index is 0.233. The number of carboxylic acids is 1. The number of benzene rings is 1. The van der Waals surface area contributed by atoms with Crippen molar-refractivity contribution in [3.63, 3.8) is 0 Å². The SMILES string of the molecule is CSC[C@H](NC(=O)Cc1c(C)c2cc3c4c(oc3c(C)c2oc1=O)CCCC4)C(=O)O. The van der Waals surface area contributed by atoms with Crippen LogP contribution < -0.4 is 10.9 Å². The van der Waals surface area contributed by atoms with Gasteiger partial charge in [0.2, 0.25) is 5.91 Å². The van der Waals surface area contributed by atoms with Gasteiger partial charge in [-0.05, 0) is 51.0 Å². The highest BCUT2D eigenvalue weighted by molar-refractivity contribution is 7.98. The number of amides is 1. The van der Waals surface area contributed by atoms with Crippen LogP contribution in [0.25, 0.3) is 21.9 Å². The van der Waals surface area contributed by atoms with Crippen LogP contribution in [0, 0.1) is 13.8 Å². The molecule has 0 spiro atoms. The summed E-state index contributed by atoms with van der Waals surface area (Å²) >= 11 is 1.32. The van der Waals surface area contributed by atoms with Gasteiger partial charge >= 0.3 is 11.6 Å². The molecule has 1 aliphatic rings. The highest BCUT2D eigenvalue weighted by atomic mass is 32.2. The Hall–Kier alpha value is -2.74. The highest BCUT2D eigenvalue weighted by Crippen LogP contribution is 2.37. The third-order valence-electron chi connectivity index (χ3n) is 6.03. The molecule has 0 radical (unpaired) electrons. The fourth-order valence-corrected chi connectivity index (χ4v) is 4.93. The average Bonchev–Trinajstić information content (AvgIpc) is 3.11. The molecule has 2 aromatic heterocycles. The molecule has 0 saturated carbocycles. The molecule has 8 heteroatoms. The van der Waals surface area contributed by atoms with E-state index in [0.29, 0.717) is 11.1 Å². The quantitative estimate of drug-likeness (QED) is 0.561. The van der Waals surface area contributed by atoms with E-state index in [1.165, 1.54) is 17.3 Å². The van der Waals surface area contributed by atoms with Gasteiger partial charge in [-0.3, -0.25) is 4.79 Å². The summed E-state index contributed by atoms with van der Waals surface area (Å²) in [5.41, 5.74) is 3.56. The van der Waals surface area contributed by atoms with Crippen molar-refractivity contribution in [1.29, 1.82) is 0 Å². The second kappa shape index (κ2) is 8.42. The Balaban J connectivity index is 1.77. The number of rotatable bonds is 6. The highest BCUT2D eigenvalue weighted by Gasteiger charge is 2.24. The third kappa shape index (κ3) is 3.84. The van der Waals surface area contributed by atoms with Crippen molar-refractivity contribution >= 4 is 45.6 Å². The second-order valence-corrected chi connectivity index (χ2v) is 8.96. The van der Waals surface area contributed by atoms with E-state index in [9.17, 15) is 19.5 Å². The third-order valence-corrected chi connectivity index (χ3v) is 6.70. The normalized spacial score (nSPS) is 14.5. The molecule has 1 amide bonds. The van der Waals surface area contributed by atoms with Crippen LogP contribution in [0.4, 0.5) is 0 Å². The van der Waals surface area contributed by atoms with E-state index in [1.807, 2.05) is 13.0 Å². The summed E-state index contributed by atoms with van der Waals surface area (Å²) in [5.74, 6) is -0.370. The van der Waals surface area contributed by atoms with E-state index in [0.717, 1.165) is 53.4 Å². The van der Waals surface area contributed by atoms with Crippen molar-refractivity contribution in [2.24, 2.45) is 0 Å². The first-order chi connectivity index (χ1) is 14.8. The Labute approximate surface area is 183 Å². The molecule has 7 nitrogen and oxygen atoms in total. The standard InChI is InChI=1S/C23H25NO6S/c1-11-14-8-16-13-6-4-5-7-18(13)29-21(16)12(2)20(14)30-23(28)15(11)9-19(25)24-17(10-31-3)22(26)27/h8,17H,4-7,9-10H2,1-3H3,(H,24,25)(H,26,27)/t17-/m0/s1. The molecule has 0 aliphatic heterocycles. The van der Waals surface area contributed by atoms with Crippen LogP contribution in [0.5, 0.6) is 0 Å². The molecule has 0 bridgehead atoms. The maximum Gasteiger partial charge on any atom is 0.340 e. The number of carbonyl (C=O) groups is 2. The Morgan fingerprint density at radius 2 is 1.84 bits per heavy atom. The molecule has 0 unspecified atom stereocenters. The van der Waals surface area contributed by atoms with Gasteiger partial charge in [-0.15, -0.1) is 0 Å². The Morgan fingerprint density at radius 3 is 2.55 bits per heavy atom. The van der Waals surface area contributed by atoms with E-state index < -0.39 is 23.5 Å². The van der Waals surface area contributed by atoms with Crippen molar-refractivity contribution < 1.29 is 23.5 Å². The summed E-state index contributed by atoms with van der Waals surface area (Å²) in [7, 11) is 0. The fourth-order valence-electron chi connectivity index (χ4n) is 4.37. The van der Waals surface area contributed by atoms with Crippen LogP contribution in [0.1, 0.15) is 40.9 Å². The molecule has 2 heterocycles. The van der Waals surface area contributed by atoms with Crippen LogP contribution in [0.15, 0.2) is 19.7 Å². The maximum absolute atomic E-state index is 12.7. The number of aliphatic carboxylic acids is 1. The van der Waals surface area contributed by atoms with E-state index in [4.69, 9.17) is 8.83 Å². The zero-order valence-electron chi connectivity index (χ0n) is 17.8. The van der Waals surface area contributed by atoms with Crippen LogP contribution in [-0.4, -0.2) is 35.0 Å². The number of thioether (sulfide) groups is 1. The Kier molecular flexibility index (Phi) is 5.83. The van der Waals surface area contributed by atoms with Crippen LogP contribution in [-0.2, 0) is 28.9 Å². The van der Waals surface area contributed by atoms with Crippen LogP contribution >= 0.6 is 11.8 Å². The molecule has 0 saturated heterocycles. The summed E-state index contributed by atoms with van der Waals surface area (Å²) in [6, 6.07) is 0.994. The van der Waals surface area contributed by atoms with E-state index >= 15 is 0 Å². The lowest BCUT2D eigenvalue weighted by Gasteiger charge is -2.14. The molecular formula is C23H25NO6S. The van der Waals surface area contributed by atoms with Gasteiger partial charge in [0, 0.05) is 34.1 Å². The number of aryl methyl sites for hydroxylation is 4. The maximum atomic E-state index is 12.7. The molecular weight excluding hydrogens is 418 g/mol. The number of nitrogens with one attached hydrogen (secondary N) is 1. The minimum Gasteiger partial charge on any atom is -0.480 e. The van der Waals surface area contributed by atoms with Crippen molar-refractivity contribution in [2.75, 3.05) is 12.0 Å². The van der Waals surface area contributed by atoms with E-state index in [2.05, 4.69) is 5.32 Å². The summed E-state index contributed by atoms with van der Waals surface area (Å²) in [6.45, 7) is 3.69. The molecule has 3 aromatic rings. The summed E-state index contributed by atoms with van der Waals surface area (Å²) < 4.78 is 11.7. The lowest BCUT2D eigenvalue weighted by molar-refractivity contribution is -0.141. The second-order valence-electron chi connectivity index (χ2n) is 8.05. The summed E-state index contributed by atoms with van der Waals surface area (Å²) in [6.07, 6.45) is 5.63. The number of carboxylic acid groups (broad SMARTS) is 1. The smallest absolute Gasteiger partial charge is 0.340 e. The minimum atomic E-state index is -1.10. The molecule has 164 valence electrons. The number of carbonyl (C=O) groups excluding carboxylic acids is 1. The average molecular weight is 444 g/mol. The number of hydrogen-bond donors (Lipinski definition) is 2. The van der Waals surface area contributed by atoms with Crippen LogP contribution in [0.3, 0.4) is 0 Å². The van der Waals surface area contributed by atoms with Gasteiger partial charge in [0.25, 0.3) is 0 Å². The molecule has 1 aliphatic carbocycles. The molecule has 2 N–H and O–H groups in total. The van der Waals surface area contributed by atoms with Gasteiger partial charge in [-0.25, -0.2) is 9.59 Å². The Morgan fingerprint density at radius 1 is 1.13 bits per heavy atom. The van der Waals surface area contributed by atoms with Gasteiger partial charge < -0.3 is 19.3 Å². The van der Waals surface area contributed by atoms with Crippen molar-refractivity contribution in [3.05, 3.63) is 44.5 Å². The first-order valence-corrected chi connectivity index (χ1v) is 11.7. The topological polar surface area (TPSA) is 110 Å². The first kappa shape index (κ1) is 21.5. The lowest BCUT2D eigenvalue weighted by Crippen LogP contribution is -2.43. The number of fused-ring (bicyclic) bond motifs is 4. The molecule has 0 fully saturated rings. The van der Waals surface area contributed by atoms with Gasteiger partial charge in [0.15, 0.2) is 0 Å². The molecule has 1 aromatic carbocycles. The largest absolute Gasteiger partial charge is 0.480 e. The summed E-state index contributed by atoms with van der Waals surface area (Å²) in [5, 5.41) is 13.6. The number of hydrogen-bond acceptors (Lipinski definition) is 6. The predicted molar refractivity (Wildman–Crippen MR) is 120 cm³/mol.